The van der Waals surface area contributed by atoms with Gasteiger partial charge in [0.25, 0.3) is 0 Å². The summed E-state index contributed by atoms with van der Waals surface area (Å²) in [6, 6.07) is 6.94. The third kappa shape index (κ3) is 2.99. The van der Waals surface area contributed by atoms with Gasteiger partial charge in [0.1, 0.15) is 12.4 Å². The molecule has 0 aliphatic rings. The van der Waals surface area contributed by atoms with Crippen LogP contribution < -0.4 is 9.84 Å². The Morgan fingerprint density at radius 3 is 2.54 bits per heavy atom. The average molecular weight is 177 g/mol. The minimum atomic E-state index is -1.23. The molecule has 0 spiro atoms. The number of carboxylic acids is 1. The summed E-state index contributed by atoms with van der Waals surface area (Å²) in [6.07, 6.45) is 1.70. The Balaban J connectivity index is 2.59. The third-order valence-corrected chi connectivity index (χ3v) is 1.47. The lowest BCUT2D eigenvalue weighted by Crippen LogP contribution is -2.28. The Bertz CT molecular complexity index is 300. The molecule has 0 atom stereocenters. The van der Waals surface area contributed by atoms with E-state index in [2.05, 4.69) is 6.58 Å². The summed E-state index contributed by atoms with van der Waals surface area (Å²) >= 11 is 0. The van der Waals surface area contributed by atoms with E-state index in [0.717, 1.165) is 5.56 Å². The van der Waals surface area contributed by atoms with Gasteiger partial charge in [-0.2, -0.15) is 0 Å². The Morgan fingerprint density at radius 2 is 2.08 bits per heavy atom. The van der Waals surface area contributed by atoms with Gasteiger partial charge in [0.05, 0.1) is 5.97 Å². The molecule has 0 fully saturated rings. The number of ether oxygens (including phenoxy) is 1. The summed E-state index contributed by atoms with van der Waals surface area (Å²) in [4.78, 5) is 10.0. The lowest BCUT2D eigenvalue weighted by atomic mass is 10.2. The van der Waals surface area contributed by atoms with E-state index < -0.39 is 12.6 Å². The fourth-order valence-electron chi connectivity index (χ4n) is 0.842. The molecule has 0 aliphatic heterocycles. The summed E-state index contributed by atoms with van der Waals surface area (Å²) in [5, 5.41) is 10.0. The molecule has 0 radical (unpaired) electrons. The minimum Gasteiger partial charge on any atom is -0.546 e. The first-order valence-electron chi connectivity index (χ1n) is 3.77. The molecule has 0 unspecified atom stereocenters. The Labute approximate surface area is 76.3 Å². The van der Waals surface area contributed by atoms with E-state index in [4.69, 9.17) is 4.74 Å². The van der Waals surface area contributed by atoms with Gasteiger partial charge in [0, 0.05) is 0 Å². The van der Waals surface area contributed by atoms with Crippen LogP contribution in [0.15, 0.2) is 30.8 Å². The van der Waals surface area contributed by atoms with Crippen LogP contribution in [0.5, 0.6) is 5.75 Å². The molecule has 0 aromatic heterocycles. The second-order valence-electron chi connectivity index (χ2n) is 2.43. The summed E-state index contributed by atoms with van der Waals surface area (Å²) < 4.78 is 4.87. The zero-order chi connectivity index (χ0) is 9.68. The van der Waals surface area contributed by atoms with Crippen molar-refractivity contribution < 1.29 is 14.6 Å². The van der Waals surface area contributed by atoms with E-state index in [0.29, 0.717) is 5.75 Å². The van der Waals surface area contributed by atoms with Gasteiger partial charge in [0.15, 0.2) is 0 Å². The Hall–Kier alpha value is -1.77. The van der Waals surface area contributed by atoms with Gasteiger partial charge < -0.3 is 14.6 Å². The molecule has 0 amide bonds. The molecule has 1 aromatic carbocycles. The van der Waals surface area contributed by atoms with Crippen LogP contribution in [-0.2, 0) is 4.79 Å². The molecule has 0 aliphatic carbocycles. The number of hydrogen-bond acceptors (Lipinski definition) is 3. The maximum atomic E-state index is 10.0. The lowest BCUT2D eigenvalue weighted by molar-refractivity contribution is -0.307. The predicted molar refractivity (Wildman–Crippen MR) is 47.0 cm³/mol. The number of hydrogen-bond donors (Lipinski definition) is 0. The fourth-order valence-corrected chi connectivity index (χ4v) is 0.842. The van der Waals surface area contributed by atoms with Crippen molar-refractivity contribution in [2.75, 3.05) is 6.61 Å². The molecule has 13 heavy (non-hydrogen) atoms. The van der Waals surface area contributed by atoms with Gasteiger partial charge in [-0.25, -0.2) is 0 Å². The molecule has 1 aromatic rings. The molecule has 1 rings (SSSR count). The highest BCUT2D eigenvalue weighted by Gasteiger charge is 1.92. The van der Waals surface area contributed by atoms with Crippen molar-refractivity contribution in [3.8, 4) is 5.75 Å². The summed E-state index contributed by atoms with van der Waals surface area (Å²) in [5.74, 6) is -0.720. The van der Waals surface area contributed by atoms with Crippen LogP contribution in [-0.4, -0.2) is 12.6 Å². The van der Waals surface area contributed by atoms with Crippen molar-refractivity contribution in [1.29, 1.82) is 0 Å². The van der Waals surface area contributed by atoms with Crippen LogP contribution in [0.1, 0.15) is 5.56 Å². The van der Waals surface area contributed by atoms with Gasteiger partial charge in [-0.15, -0.1) is 0 Å². The second kappa shape index (κ2) is 4.30. The van der Waals surface area contributed by atoms with Gasteiger partial charge in [-0.1, -0.05) is 24.8 Å². The highest BCUT2D eigenvalue weighted by Crippen LogP contribution is 2.12. The first kappa shape index (κ1) is 9.32. The van der Waals surface area contributed by atoms with Crippen LogP contribution in [0.4, 0.5) is 0 Å². The first-order valence-corrected chi connectivity index (χ1v) is 3.77. The van der Waals surface area contributed by atoms with Gasteiger partial charge in [-0.3, -0.25) is 0 Å². The molecule has 3 heteroatoms. The number of carboxylic acid groups (broad SMARTS) is 1. The van der Waals surface area contributed by atoms with Crippen molar-refractivity contribution in [3.63, 3.8) is 0 Å². The average Bonchev–Trinajstić information content (AvgIpc) is 2.15. The fraction of sp³-hybridized carbons (Fsp3) is 0.100. The second-order valence-corrected chi connectivity index (χ2v) is 2.43. The van der Waals surface area contributed by atoms with E-state index in [-0.39, 0.29) is 0 Å². The smallest absolute Gasteiger partial charge is 0.128 e. The van der Waals surface area contributed by atoms with E-state index in [9.17, 15) is 9.90 Å². The molecule has 0 saturated carbocycles. The number of carbonyl (C=O) groups excluding carboxylic acids is 1. The van der Waals surface area contributed by atoms with Gasteiger partial charge >= 0.3 is 0 Å². The highest BCUT2D eigenvalue weighted by atomic mass is 16.5. The normalized spacial score (nSPS) is 9.23. The van der Waals surface area contributed by atoms with Crippen LogP contribution in [0.3, 0.4) is 0 Å². The first-order chi connectivity index (χ1) is 6.22. The van der Waals surface area contributed by atoms with Crippen molar-refractivity contribution in [2.45, 2.75) is 0 Å². The topological polar surface area (TPSA) is 49.4 Å². The zero-order valence-electron chi connectivity index (χ0n) is 7.03. The molecule has 0 saturated heterocycles. The van der Waals surface area contributed by atoms with E-state index in [1.807, 2.05) is 0 Å². The SMILES string of the molecule is C=Cc1ccc(OCC(=O)[O-])cc1. The standard InChI is InChI=1S/C10H10O3/c1-2-8-3-5-9(6-4-8)13-7-10(11)12/h2-6H,1,7H2,(H,11,12)/p-1. The number of aliphatic carboxylic acids is 1. The van der Waals surface area contributed by atoms with Crippen molar-refractivity contribution in [2.24, 2.45) is 0 Å². The van der Waals surface area contributed by atoms with Crippen molar-refractivity contribution >= 4 is 12.0 Å². The monoisotopic (exact) mass is 177 g/mol. The Kier molecular flexibility index (Phi) is 3.09. The molecule has 0 bridgehead atoms. The number of carbonyl (C=O) groups is 1. The van der Waals surface area contributed by atoms with Crippen molar-refractivity contribution in [3.05, 3.63) is 36.4 Å². The van der Waals surface area contributed by atoms with Crippen LogP contribution in [0.2, 0.25) is 0 Å². The van der Waals surface area contributed by atoms with Crippen LogP contribution >= 0.6 is 0 Å². The predicted octanol–water partition coefficient (Wildman–Crippen LogP) is 0.458. The summed E-state index contributed by atoms with van der Waals surface area (Å²) in [5.41, 5.74) is 0.959. The van der Waals surface area contributed by atoms with Gasteiger partial charge in [-0.05, 0) is 17.7 Å². The minimum absolute atomic E-state index is 0.423. The van der Waals surface area contributed by atoms with E-state index in [1.165, 1.54) is 0 Å². The molecule has 3 nitrogen and oxygen atoms in total. The molecular formula is C10H9O3-. The molecular weight excluding hydrogens is 168 g/mol. The van der Waals surface area contributed by atoms with Gasteiger partial charge in [0.2, 0.25) is 0 Å². The van der Waals surface area contributed by atoms with E-state index >= 15 is 0 Å². The molecule has 68 valence electrons. The summed E-state index contributed by atoms with van der Waals surface area (Å²) in [7, 11) is 0. The maximum Gasteiger partial charge on any atom is 0.128 e. The van der Waals surface area contributed by atoms with Crippen molar-refractivity contribution in [1.82, 2.24) is 0 Å². The zero-order valence-corrected chi connectivity index (χ0v) is 7.03. The number of benzene rings is 1. The van der Waals surface area contributed by atoms with E-state index in [1.54, 1.807) is 30.3 Å². The molecule has 0 N–H and O–H groups in total. The highest BCUT2D eigenvalue weighted by molar-refractivity contribution is 5.66. The molecule has 0 heterocycles. The van der Waals surface area contributed by atoms with Crippen LogP contribution in [0, 0.1) is 0 Å². The maximum absolute atomic E-state index is 10.0. The quantitative estimate of drug-likeness (QED) is 0.671. The summed E-state index contributed by atoms with van der Waals surface area (Å²) in [6.45, 7) is 3.17. The largest absolute Gasteiger partial charge is 0.546 e. The lowest BCUT2D eigenvalue weighted by Gasteiger charge is -2.06. The Morgan fingerprint density at radius 1 is 1.46 bits per heavy atom. The van der Waals surface area contributed by atoms with Crippen LogP contribution in [0.25, 0.3) is 6.08 Å². The number of rotatable bonds is 4. The third-order valence-electron chi connectivity index (χ3n) is 1.47.